The molecule has 0 aromatic heterocycles. The predicted molar refractivity (Wildman–Crippen MR) is 72.1 cm³/mol. The van der Waals surface area contributed by atoms with Gasteiger partial charge in [-0.3, -0.25) is 0 Å². The van der Waals surface area contributed by atoms with Gasteiger partial charge in [0.05, 0.1) is 4.90 Å². The average Bonchev–Trinajstić information content (AvgIpc) is 2.32. The van der Waals surface area contributed by atoms with Gasteiger partial charge in [0.15, 0.2) is 11.1 Å². The van der Waals surface area contributed by atoms with Crippen molar-refractivity contribution in [3.8, 4) is 16.9 Å². The molecule has 0 amide bonds. The van der Waals surface area contributed by atoms with Crippen LogP contribution in [0.15, 0.2) is 41.3 Å². The predicted octanol–water partition coefficient (Wildman–Crippen LogP) is 3.26. The molecule has 0 saturated heterocycles. The Kier molecular flexibility index (Phi) is 3.50. The molecule has 1 atom stereocenters. The maximum absolute atomic E-state index is 11.4. The summed E-state index contributed by atoms with van der Waals surface area (Å²) < 4.78 is 20.8. The highest BCUT2D eigenvalue weighted by atomic mass is 32.2. The van der Waals surface area contributed by atoms with Gasteiger partial charge in [0, 0.05) is 11.1 Å². The number of phenols is 1. The number of rotatable bonds is 2. The van der Waals surface area contributed by atoms with Crippen molar-refractivity contribution in [1.82, 2.24) is 0 Å². The van der Waals surface area contributed by atoms with Crippen LogP contribution in [0.2, 0.25) is 0 Å². The molecule has 2 N–H and O–H groups in total. The fourth-order valence-corrected chi connectivity index (χ4v) is 2.68. The molecule has 94 valence electrons. The van der Waals surface area contributed by atoms with Gasteiger partial charge in [-0.15, -0.1) is 0 Å². The van der Waals surface area contributed by atoms with Crippen LogP contribution in [0.4, 0.5) is 0 Å². The fourth-order valence-electron chi connectivity index (χ4n) is 1.97. The van der Waals surface area contributed by atoms with Gasteiger partial charge in [-0.2, -0.15) is 0 Å². The van der Waals surface area contributed by atoms with Gasteiger partial charge >= 0.3 is 0 Å². The third kappa shape index (κ3) is 2.17. The molecule has 2 aromatic rings. The van der Waals surface area contributed by atoms with Crippen molar-refractivity contribution in [2.24, 2.45) is 0 Å². The minimum atomic E-state index is -2.08. The number of aryl methyl sites for hydroxylation is 2. The van der Waals surface area contributed by atoms with Crippen molar-refractivity contribution in [2.75, 3.05) is 0 Å². The monoisotopic (exact) mass is 262 g/mol. The van der Waals surface area contributed by atoms with E-state index < -0.39 is 11.1 Å². The standard InChI is InChI=1S/C14H14O3S/c1-9-5-3-7-11(13(9)15)12-8-4-6-10(2)14(12)18(16)17/h3-8,15H,1-2H3,(H,16,17). The molecule has 1 unspecified atom stereocenters. The summed E-state index contributed by atoms with van der Waals surface area (Å²) in [6.07, 6.45) is 0. The Morgan fingerprint density at radius 2 is 1.50 bits per heavy atom. The maximum atomic E-state index is 11.4. The number of hydrogen-bond acceptors (Lipinski definition) is 2. The molecule has 0 aliphatic heterocycles. The van der Waals surface area contributed by atoms with E-state index in [1.165, 1.54) is 0 Å². The van der Waals surface area contributed by atoms with Gasteiger partial charge in [-0.05, 0) is 25.0 Å². The molecule has 0 fully saturated rings. The summed E-state index contributed by atoms with van der Waals surface area (Å²) in [7, 11) is 0. The van der Waals surface area contributed by atoms with Crippen molar-refractivity contribution in [2.45, 2.75) is 18.7 Å². The normalized spacial score (nSPS) is 12.4. The first-order valence-corrected chi connectivity index (χ1v) is 6.62. The van der Waals surface area contributed by atoms with Crippen molar-refractivity contribution in [3.05, 3.63) is 47.5 Å². The number of aromatic hydroxyl groups is 1. The third-order valence-corrected chi connectivity index (χ3v) is 3.81. The molecule has 2 rings (SSSR count). The lowest BCUT2D eigenvalue weighted by atomic mass is 10.0. The Hall–Kier alpha value is -1.65. The van der Waals surface area contributed by atoms with Crippen LogP contribution >= 0.6 is 0 Å². The summed E-state index contributed by atoms with van der Waals surface area (Å²) in [5, 5.41) is 10.1. The van der Waals surface area contributed by atoms with E-state index in [0.717, 1.165) is 11.1 Å². The summed E-state index contributed by atoms with van der Waals surface area (Å²) in [5.41, 5.74) is 2.64. The van der Waals surface area contributed by atoms with E-state index in [-0.39, 0.29) is 5.75 Å². The Morgan fingerprint density at radius 3 is 2.11 bits per heavy atom. The molecule has 0 radical (unpaired) electrons. The number of benzene rings is 2. The first kappa shape index (κ1) is 12.8. The van der Waals surface area contributed by atoms with Crippen LogP contribution in [0.25, 0.3) is 11.1 Å². The first-order chi connectivity index (χ1) is 8.52. The molecule has 0 bridgehead atoms. The zero-order valence-electron chi connectivity index (χ0n) is 10.2. The smallest absolute Gasteiger partial charge is 0.187 e. The molecule has 0 aliphatic rings. The highest BCUT2D eigenvalue weighted by molar-refractivity contribution is 7.79. The maximum Gasteiger partial charge on any atom is 0.187 e. The van der Waals surface area contributed by atoms with Crippen LogP contribution in [-0.4, -0.2) is 13.9 Å². The average molecular weight is 262 g/mol. The van der Waals surface area contributed by atoms with Crippen LogP contribution in [-0.2, 0) is 11.1 Å². The van der Waals surface area contributed by atoms with E-state index in [1.807, 2.05) is 12.1 Å². The van der Waals surface area contributed by atoms with Crippen LogP contribution in [0.1, 0.15) is 11.1 Å². The van der Waals surface area contributed by atoms with Gasteiger partial charge in [0.2, 0.25) is 0 Å². The SMILES string of the molecule is Cc1cccc(-c2cccc(C)c2S(=O)O)c1O. The highest BCUT2D eigenvalue weighted by Crippen LogP contribution is 2.36. The summed E-state index contributed by atoms with van der Waals surface area (Å²) in [6.45, 7) is 3.57. The molecule has 0 heterocycles. The minimum Gasteiger partial charge on any atom is -0.507 e. The second-order valence-electron chi connectivity index (χ2n) is 4.17. The van der Waals surface area contributed by atoms with E-state index in [0.29, 0.717) is 16.0 Å². The fraction of sp³-hybridized carbons (Fsp3) is 0.143. The number of hydrogen-bond donors (Lipinski definition) is 2. The van der Waals surface area contributed by atoms with Crippen LogP contribution in [0.5, 0.6) is 5.75 Å². The second-order valence-corrected chi connectivity index (χ2v) is 5.08. The highest BCUT2D eigenvalue weighted by Gasteiger charge is 2.15. The van der Waals surface area contributed by atoms with Gasteiger partial charge in [-0.25, -0.2) is 4.21 Å². The second kappa shape index (κ2) is 4.92. The van der Waals surface area contributed by atoms with E-state index in [1.54, 1.807) is 38.1 Å². The summed E-state index contributed by atoms with van der Waals surface area (Å²) in [4.78, 5) is 0.346. The minimum absolute atomic E-state index is 0.148. The Balaban J connectivity index is 2.75. The van der Waals surface area contributed by atoms with Gasteiger partial charge in [0.25, 0.3) is 0 Å². The lowest BCUT2D eigenvalue weighted by molar-refractivity contribution is 0.473. The molecule has 0 aliphatic carbocycles. The van der Waals surface area contributed by atoms with Crippen molar-refractivity contribution < 1.29 is 13.9 Å². The molecule has 2 aromatic carbocycles. The van der Waals surface area contributed by atoms with Gasteiger partial charge in [-0.1, -0.05) is 36.4 Å². The van der Waals surface area contributed by atoms with Crippen LogP contribution in [0.3, 0.4) is 0 Å². The molecule has 4 heteroatoms. The Labute approximate surface area is 108 Å². The van der Waals surface area contributed by atoms with E-state index >= 15 is 0 Å². The summed E-state index contributed by atoms with van der Waals surface area (Å²) in [5.74, 6) is 0.148. The molecule has 18 heavy (non-hydrogen) atoms. The number of phenolic OH excluding ortho intramolecular Hbond substituents is 1. The van der Waals surface area contributed by atoms with Crippen molar-refractivity contribution >= 4 is 11.1 Å². The molecule has 3 nitrogen and oxygen atoms in total. The van der Waals surface area contributed by atoms with E-state index in [4.69, 9.17) is 0 Å². The quantitative estimate of drug-likeness (QED) is 0.817. The molecular weight excluding hydrogens is 248 g/mol. The third-order valence-electron chi connectivity index (χ3n) is 2.91. The zero-order chi connectivity index (χ0) is 13.3. The van der Waals surface area contributed by atoms with Gasteiger partial charge < -0.3 is 9.66 Å². The first-order valence-electron chi connectivity index (χ1n) is 5.52. The zero-order valence-corrected chi connectivity index (χ0v) is 11.0. The summed E-state index contributed by atoms with van der Waals surface area (Å²) >= 11 is -2.08. The van der Waals surface area contributed by atoms with E-state index in [2.05, 4.69) is 0 Å². The lowest BCUT2D eigenvalue weighted by Crippen LogP contribution is -1.97. The van der Waals surface area contributed by atoms with Gasteiger partial charge in [0.1, 0.15) is 5.75 Å². The Morgan fingerprint density at radius 1 is 0.944 bits per heavy atom. The summed E-state index contributed by atoms with van der Waals surface area (Å²) in [6, 6.07) is 10.7. The lowest BCUT2D eigenvalue weighted by Gasteiger charge is -2.12. The van der Waals surface area contributed by atoms with Crippen molar-refractivity contribution in [3.63, 3.8) is 0 Å². The molecular formula is C14H14O3S. The van der Waals surface area contributed by atoms with Crippen LogP contribution < -0.4 is 0 Å². The topological polar surface area (TPSA) is 57.5 Å². The molecule has 0 spiro atoms. The largest absolute Gasteiger partial charge is 0.507 e. The van der Waals surface area contributed by atoms with E-state index in [9.17, 15) is 13.9 Å². The number of para-hydroxylation sites is 1. The van der Waals surface area contributed by atoms with Crippen molar-refractivity contribution in [1.29, 1.82) is 0 Å². The van der Waals surface area contributed by atoms with Crippen LogP contribution in [0, 0.1) is 13.8 Å². The molecule has 0 saturated carbocycles. The Bertz CT molecular complexity index is 620.